The van der Waals surface area contributed by atoms with Crippen LogP contribution < -0.4 is 52.8 Å². The van der Waals surface area contributed by atoms with Gasteiger partial charge in [0.25, 0.3) is 11.1 Å². The van der Waals surface area contributed by atoms with Crippen LogP contribution in [0.2, 0.25) is 0 Å². The van der Waals surface area contributed by atoms with E-state index < -0.39 is 46.0 Å². The minimum absolute atomic E-state index is 0.0750. The number of methoxy groups -OCH3 is 4. The van der Waals surface area contributed by atoms with Gasteiger partial charge in [0.2, 0.25) is 0 Å². The summed E-state index contributed by atoms with van der Waals surface area (Å²) in [7, 11) is 9.08. The second kappa shape index (κ2) is 15.8. The molecule has 4 aromatic heterocycles. The van der Waals surface area contributed by atoms with E-state index in [0.29, 0.717) is 55.1 Å². The molecule has 9 rings (SSSR count). The number of phenols is 1. The van der Waals surface area contributed by atoms with Gasteiger partial charge < -0.3 is 33.2 Å². The molecule has 64 heavy (non-hydrogen) atoms. The van der Waals surface area contributed by atoms with Crippen LogP contribution in [0.4, 0.5) is 0 Å². The van der Waals surface area contributed by atoms with Crippen LogP contribution >= 0.6 is 15.9 Å². The van der Waals surface area contributed by atoms with Crippen LogP contribution in [0.3, 0.4) is 0 Å². The Morgan fingerprint density at radius 1 is 0.656 bits per heavy atom. The summed E-state index contributed by atoms with van der Waals surface area (Å²) < 4.78 is 32.0. The predicted octanol–water partition coefficient (Wildman–Crippen LogP) is 1.20. The molecular weight excluding hydrogens is 900 g/mol. The van der Waals surface area contributed by atoms with Gasteiger partial charge in [-0.05, 0) is 23.8 Å². The molecule has 0 saturated carbocycles. The summed E-state index contributed by atoms with van der Waals surface area (Å²) >= 11 is 3.46. The molecule has 21 nitrogen and oxygen atoms in total. The van der Waals surface area contributed by atoms with Crippen molar-refractivity contribution in [3.8, 4) is 28.7 Å². The number of aryl methyl sites for hydroxylation is 4. The number of aromatic nitrogens is 10. The number of ether oxygens (including phenoxy) is 4. The van der Waals surface area contributed by atoms with Crippen LogP contribution in [0.1, 0.15) is 29.0 Å². The first-order chi connectivity index (χ1) is 30.7. The highest BCUT2D eigenvalue weighted by Crippen LogP contribution is 2.42. The zero-order valence-electron chi connectivity index (χ0n) is 35.4. The van der Waals surface area contributed by atoms with Crippen LogP contribution in [-0.2, 0) is 53.1 Å². The predicted molar refractivity (Wildman–Crippen MR) is 235 cm³/mol. The van der Waals surface area contributed by atoms with Crippen LogP contribution in [0, 0.1) is 0 Å². The van der Waals surface area contributed by atoms with E-state index in [9.17, 15) is 33.9 Å². The lowest BCUT2D eigenvalue weighted by Gasteiger charge is -2.37. The number of aromatic hydroxyl groups is 1. The molecule has 0 spiro atoms. The maximum atomic E-state index is 14.5. The Labute approximate surface area is 368 Å². The molecule has 6 heterocycles. The van der Waals surface area contributed by atoms with E-state index in [-0.39, 0.29) is 61.7 Å². The first kappa shape index (κ1) is 42.0. The Bertz CT molecular complexity index is 3510. The molecule has 1 N–H and O–H groups in total. The highest BCUT2D eigenvalue weighted by molar-refractivity contribution is 9.10. The molecule has 7 aromatic rings. The van der Waals surface area contributed by atoms with Crippen LogP contribution in [0.25, 0.3) is 22.1 Å². The molecule has 0 saturated heterocycles. The van der Waals surface area contributed by atoms with Gasteiger partial charge in [-0.1, -0.05) is 22.0 Å². The van der Waals surface area contributed by atoms with Gasteiger partial charge in [-0.2, -0.15) is 0 Å². The summed E-state index contributed by atoms with van der Waals surface area (Å²) in [5.74, 6) is 1.44. The minimum atomic E-state index is -1.11. The second-order valence-electron chi connectivity index (χ2n) is 15.3. The average Bonchev–Trinajstić information content (AvgIpc) is 3.69. The van der Waals surface area contributed by atoms with Crippen molar-refractivity contribution in [1.29, 1.82) is 0 Å². The Hall–Kier alpha value is -7.36. The minimum Gasteiger partial charge on any atom is -0.508 e. The summed E-state index contributed by atoms with van der Waals surface area (Å²) in [5.41, 5.74) is -0.930. The standard InChI is InChI=1S/C42H41BrN10O11/c1-46-28-18-34(63-5)32(61-3)16-26(28)44-24(37(46)55)10-12-48-39(57)50-14-9-22-30(52(50)41(48)59)20-51-40(58)49(42(60)53(51)36(22)23-15-21(43)7-8-31(23)54)13-11-25-38(56)47(2)29-19-35(64-6)33(62-4)17-27(29)45-25/h7-9,15-19,30,36,54H,10-14,20H2,1-6H3/t30-,36-/m1/s1. The lowest BCUT2D eigenvalue weighted by molar-refractivity contribution is 0.244. The number of rotatable bonds is 11. The molecule has 0 aliphatic carbocycles. The SMILES string of the molecule is COc1cc2nc(CCn3c(=O)n4n(c3=O)[C@@H]3Cn5c(=O)n(CCc6nc7cc(OC)c(OC)cc7n(C)c6=O)c(=O)n5[C@@H](c5cc(Br)ccc5O)C3=CC4)c(=O)n(C)c2cc1OC. The number of phenolic OH excluding ortho intramolecular Hbond substituents is 1. The maximum Gasteiger partial charge on any atom is 0.348 e. The molecule has 332 valence electrons. The van der Waals surface area contributed by atoms with E-state index in [1.54, 1.807) is 56.6 Å². The van der Waals surface area contributed by atoms with E-state index in [1.165, 1.54) is 62.4 Å². The smallest absolute Gasteiger partial charge is 0.348 e. The number of halogens is 1. The second-order valence-corrected chi connectivity index (χ2v) is 16.3. The lowest BCUT2D eigenvalue weighted by Crippen LogP contribution is -2.47. The molecular formula is C42H41BrN10O11. The zero-order chi connectivity index (χ0) is 45.5. The Kier molecular flexibility index (Phi) is 10.3. The fourth-order valence-electron chi connectivity index (χ4n) is 8.84. The molecule has 2 aliphatic rings. The van der Waals surface area contributed by atoms with Gasteiger partial charge in [-0.25, -0.2) is 57.0 Å². The third kappa shape index (κ3) is 6.41. The summed E-state index contributed by atoms with van der Waals surface area (Å²) in [4.78, 5) is 93.5. The number of hydrogen-bond donors (Lipinski definition) is 1. The third-order valence-corrected chi connectivity index (χ3v) is 12.6. The average molecular weight is 942 g/mol. The van der Waals surface area contributed by atoms with Gasteiger partial charge in [-0.15, -0.1) is 0 Å². The summed E-state index contributed by atoms with van der Waals surface area (Å²) in [5, 5.41) is 11.3. The molecule has 3 aromatic carbocycles. The van der Waals surface area contributed by atoms with Crippen LogP contribution in [-0.4, -0.2) is 80.5 Å². The van der Waals surface area contributed by atoms with Crippen molar-refractivity contribution >= 4 is 38.0 Å². The molecule has 0 unspecified atom stereocenters. The Balaban J connectivity index is 1.10. The van der Waals surface area contributed by atoms with Crippen molar-refractivity contribution < 1.29 is 24.1 Å². The number of benzene rings is 3. The fraction of sp³-hybridized carbons (Fsp3) is 0.333. The third-order valence-electron chi connectivity index (χ3n) is 12.1. The molecule has 2 atom stereocenters. The van der Waals surface area contributed by atoms with Crippen molar-refractivity contribution in [2.24, 2.45) is 14.1 Å². The summed E-state index contributed by atoms with van der Waals surface area (Å²) in [6, 6.07) is 9.14. The molecule has 0 radical (unpaired) electrons. The molecule has 0 amide bonds. The highest BCUT2D eigenvalue weighted by atomic mass is 79.9. The van der Waals surface area contributed by atoms with E-state index >= 15 is 0 Å². The van der Waals surface area contributed by atoms with E-state index in [2.05, 4.69) is 25.9 Å². The van der Waals surface area contributed by atoms with Gasteiger partial charge >= 0.3 is 22.8 Å². The molecule has 0 bridgehead atoms. The summed E-state index contributed by atoms with van der Waals surface area (Å²) in [6.07, 6.45) is 1.54. The van der Waals surface area contributed by atoms with E-state index in [1.807, 2.05) is 0 Å². The van der Waals surface area contributed by atoms with Gasteiger partial charge in [0, 0.05) is 74.3 Å². The van der Waals surface area contributed by atoms with Crippen LogP contribution in [0.15, 0.2) is 87.4 Å². The largest absolute Gasteiger partial charge is 0.508 e. The topological polar surface area (TPSA) is 225 Å². The van der Waals surface area contributed by atoms with E-state index in [4.69, 9.17) is 18.9 Å². The first-order valence-electron chi connectivity index (χ1n) is 20.0. The zero-order valence-corrected chi connectivity index (χ0v) is 37.0. The monoisotopic (exact) mass is 940 g/mol. The van der Waals surface area contributed by atoms with Crippen molar-refractivity contribution in [2.45, 2.75) is 51.1 Å². The number of allylic oxidation sites excluding steroid dienone is 2. The van der Waals surface area contributed by atoms with Crippen molar-refractivity contribution in [3.05, 3.63) is 138 Å². The quantitative estimate of drug-likeness (QED) is 0.180. The highest BCUT2D eigenvalue weighted by Gasteiger charge is 2.42. The Morgan fingerprint density at radius 3 is 1.66 bits per heavy atom. The van der Waals surface area contributed by atoms with Crippen molar-refractivity contribution in [2.75, 3.05) is 28.4 Å². The Morgan fingerprint density at radius 2 is 1.14 bits per heavy atom. The molecule has 0 fully saturated rings. The molecule has 22 heteroatoms. The van der Waals surface area contributed by atoms with E-state index in [0.717, 1.165) is 9.13 Å². The number of fused-ring (bicyclic) bond motifs is 6. The van der Waals surface area contributed by atoms with Crippen LogP contribution in [0.5, 0.6) is 28.7 Å². The van der Waals surface area contributed by atoms with Gasteiger partial charge in [0.15, 0.2) is 23.0 Å². The maximum absolute atomic E-state index is 14.5. The van der Waals surface area contributed by atoms with Crippen molar-refractivity contribution in [1.82, 2.24) is 47.0 Å². The van der Waals surface area contributed by atoms with Crippen molar-refractivity contribution in [3.63, 3.8) is 0 Å². The molecule has 2 aliphatic heterocycles. The van der Waals surface area contributed by atoms with Gasteiger partial charge in [-0.3, -0.25) is 9.59 Å². The normalized spacial score (nSPS) is 15.5. The van der Waals surface area contributed by atoms with Gasteiger partial charge in [0.05, 0.1) is 69.6 Å². The first-order valence-corrected chi connectivity index (χ1v) is 20.8. The fourth-order valence-corrected chi connectivity index (χ4v) is 9.22. The summed E-state index contributed by atoms with van der Waals surface area (Å²) in [6.45, 7) is -0.760. The lowest BCUT2D eigenvalue weighted by atomic mass is 9.90. The number of hydrogen-bond acceptors (Lipinski definition) is 13. The van der Waals surface area contributed by atoms with Gasteiger partial charge in [0.1, 0.15) is 23.2 Å². The number of nitrogens with zero attached hydrogens (tertiary/aromatic N) is 10.